The fraction of sp³-hybridized carbons (Fsp3) is 0.0500. The first-order valence-corrected chi connectivity index (χ1v) is 10.5. The summed E-state index contributed by atoms with van der Waals surface area (Å²) in [5.74, 6) is -0.0371. The molecule has 0 aliphatic carbocycles. The third-order valence-corrected chi connectivity index (χ3v) is 5.45. The number of nitrogens with zero attached hydrogens (tertiary/aromatic N) is 3. The number of nitrogens with one attached hydrogen (secondary N) is 1. The number of pyridine rings is 1. The molecule has 0 saturated carbocycles. The quantitative estimate of drug-likeness (QED) is 0.433. The summed E-state index contributed by atoms with van der Waals surface area (Å²) in [5.41, 5.74) is 8.56. The van der Waals surface area contributed by atoms with Crippen LogP contribution in [-0.2, 0) is 16.6 Å². The van der Waals surface area contributed by atoms with E-state index in [9.17, 15) is 13.2 Å². The summed E-state index contributed by atoms with van der Waals surface area (Å²) in [6.07, 6.45) is 1.71. The van der Waals surface area contributed by atoms with Crippen molar-refractivity contribution in [2.24, 2.45) is 10.9 Å². The topological polar surface area (TPSA) is 146 Å². The van der Waals surface area contributed by atoms with Crippen molar-refractivity contribution in [1.82, 2.24) is 14.5 Å². The number of fused-ring (bicyclic) bond motifs is 1. The van der Waals surface area contributed by atoms with Crippen molar-refractivity contribution in [1.29, 1.82) is 0 Å². The van der Waals surface area contributed by atoms with Gasteiger partial charge in [-0.3, -0.25) is 9.78 Å². The maximum atomic E-state index is 11.5. The van der Waals surface area contributed by atoms with Gasteiger partial charge in [-0.25, -0.2) is 18.5 Å². The fourth-order valence-electron chi connectivity index (χ4n) is 3.05. The van der Waals surface area contributed by atoms with Gasteiger partial charge in [0.2, 0.25) is 21.9 Å². The summed E-state index contributed by atoms with van der Waals surface area (Å²) in [5, 5.41) is 8.33. The maximum absolute atomic E-state index is 11.5. The molecule has 0 aliphatic heterocycles. The molecule has 2 aromatic heterocycles. The summed E-state index contributed by atoms with van der Waals surface area (Å²) in [6.45, 7) is 0.435. The average molecular weight is 422 g/mol. The van der Waals surface area contributed by atoms with E-state index >= 15 is 0 Å². The van der Waals surface area contributed by atoms with Gasteiger partial charge in [0.05, 0.1) is 28.2 Å². The van der Waals surface area contributed by atoms with Gasteiger partial charge < -0.3 is 15.6 Å². The minimum atomic E-state index is -3.78. The molecule has 0 bridgehead atoms. The molecule has 2 heterocycles. The lowest BCUT2D eigenvalue weighted by Crippen LogP contribution is -2.12. The third-order valence-electron chi connectivity index (χ3n) is 4.52. The number of carbonyl (C=O) groups excluding carboxylic acids is 1. The predicted molar refractivity (Wildman–Crippen MR) is 113 cm³/mol. The molecule has 0 fully saturated rings. The number of primary amides is 1. The molecule has 0 atom stereocenters. The molecule has 5 N–H and O–H groups in total. The number of sulfonamides is 1. The summed E-state index contributed by atoms with van der Waals surface area (Å²) in [6, 6.07) is 16.7. The second kappa shape index (κ2) is 7.58. The van der Waals surface area contributed by atoms with E-state index in [0.717, 1.165) is 11.2 Å². The lowest BCUT2D eigenvalue weighted by molar-refractivity contribution is 0.100. The number of benzene rings is 2. The zero-order valence-corrected chi connectivity index (χ0v) is 16.5. The first-order chi connectivity index (χ1) is 14.3. The molecule has 4 aromatic rings. The van der Waals surface area contributed by atoms with Gasteiger partial charge in [0.15, 0.2) is 0 Å². The lowest BCUT2D eigenvalue weighted by atomic mass is 10.2. The standard InChI is InChI=1S/C20H18N6O3S/c21-19(27)13-4-9-18-17(11-13)25-20(26(18)12-15-3-1-2-10-23-15)24-14-5-7-16(8-6-14)30(22,28)29/h1-11H,12H2,(H2,21,27)(H,24,25)(H2,22,28,29). The Bertz CT molecular complexity index is 1330. The van der Waals surface area contributed by atoms with Gasteiger partial charge in [0.25, 0.3) is 0 Å². The van der Waals surface area contributed by atoms with Crippen molar-refractivity contribution in [3.8, 4) is 0 Å². The van der Waals surface area contributed by atoms with Crippen LogP contribution in [0.5, 0.6) is 0 Å². The number of amides is 1. The predicted octanol–water partition coefficient (Wildman–Crippen LogP) is 1.97. The number of hydrogen-bond donors (Lipinski definition) is 3. The van der Waals surface area contributed by atoms with Gasteiger partial charge in [-0.15, -0.1) is 0 Å². The van der Waals surface area contributed by atoms with Crippen LogP contribution in [0.15, 0.2) is 71.8 Å². The molecule has 152 valence electrons. The third kappa shape index (κ3) is 4.00. The molecule has 9 nitrogen and oxygen atoms in total. The Morgan fingerprint density at radius 1 is 1.07 bits per heavy atom. The highest BCUT2D eigenvalue weighted by Gasteiger charge is 2.14. The highest BCUT2D eigenvalue weighted by atomic mass is 32.2. The Morgan fingerprint density at radius 2 is 1.83 bits per heavy atom. The van der Waals surface area contributed by atoms with E-state index in [0.29, 0.717) is 29.3 Å². The summed E-state index contributed by atoms with van der Waals surface area (Å²) in [7, 11) is -3.78. The molecule has 0 spiro atoms. The van der Waals surface area contributed by atoms with E-state index in [1.54, 1.807) is 36.5 Å². The van der Waals surface area contributed by atoms with Gasteiger partial charge in [-0.1, -0.05) is 6.07 Å². The molecule has 4 rings (SSSR count). The van der Waals surface area contributed by atoms with Crippen molar-refractivity contribution >= 4 is 38.6 Å². The molecular weight excluding hydrogens is 404 g/mol. The summed E-state index contributed by atoms with van der Waals surface area (Å²) in [4.78, 5) is 20.5. The highest BCUT2D eigenvalue weighted by molar-refractivity contribution is 7.89. The normalized spacial score (nSPS) is 11.5. The van der Waals surface area contributed by atoms with Crippen molar-refractivity contribution in [2.75, 3.05) is 5.32 Å². The van der Waals surface area contributed by atoms with E-state index in [2.05, 4.69) is 15.3 Å². The van der Waals surface area contributed by atoms with Gasteiger partial charge in [-0.2, -0.15) is 0 Å². The molecule has 0 saturated heterocycles. The molecule has 0 aliphatic rings. The van der Waals surface area contributed by atoms with Crippen molar-refractivity contribution in [3.05, 3.63) is 78.1 Å². The van der Waals surface area contributed by atoms with Crippen LogP contribution in [0.25, 0.3) is 11.0 Å². The minimum Gasteiger partial charge on any atom is -0.366 e. The molecule has 2 aromatic carbocycles. The number of carbonyl (C=O) groups is 1. The van der Waals surface area contributed by atoms with Crippen molar-refractivity contribution < 1.29 is 13.2 Å². The largest absolute Gasteiger partial charge is 0.366 e. The van der Waals surface area contributed by atoms with E-state index < -0.39 is 15.9 Å². The van der Waals surface area contributed by atoms with E-state index in [-0.39, 0.29) is 4.90 Å². The second-order valence-corrected chi connectivity index (χ2v) is 8.17. The van der Waals surface area contributed by atoms with Gasteiger partial charge in [0, 0.05) is 17.4 Å². The fourth-order valence-corrected chi connectivity index (χ4v) is 3.56. The van der Waals surface area contributed by atoms with Crippen molar-refractivity contribution in [3.63, 3.8) is 0 Å². The zero-order chi connectivity index (χ0) is 21.3. The SMILES string of the molecule is NC(=O)c1ccc2c(c1)nc(Nc1ccc(S(N)(=O)=O)cc1)n2Cc1ccccn1. The lowest BCUT2D eigenvalue weighted by Gasteiger charge is -2.11. The molecule has 1 amide bonds. The van der Waals surface area contributed by atoms with Gasteiger partial charge >= 0.3 is 0 Å². The Balaban J connectivity index is 1.76. The Kier molecular flexibility index (Phi) is 4.94. The maximum Gasteiger partial charge on any atom is 0.248 e. The van der Waals surface area contributed by atoms with Gasteiger partial charge in [0.1, 0.15) is 0 Å². The average Bonchev–Trinajstić information content (AvgIpc) is 3.04. The number of aromatic nitrogens is 3. The Hall–Kier alpha value is -3.76. The number of primary sulfonamides is 1. The number of hydrogen-bond acceptors (Lipinski definition) is 6. The van der Waals surface area contributed by atoms with Crippen LogP contribution in [0.3, 0.4) is 0 Å². The first kappa shape index (κ1) is 19.6. The van der Waals surface area contributed by atoms with Crippen LogP contribution in [0, 0.1) is 0 Å². The minimum absolute atomic E-state index is 0.0149. The van der Waals surface area contributed by atoms with Crippen LogP contribution >= 0.6 is 0 Å². The number of imidazole rings is 1. The van der Waals surface area contributed by atoms with Crippen LogP contribution in [0.4, 0.5) is 11.6 Å². The molecule has 10 heteroatoms. The Labute approximate surface area is 172 Å². The van der Waals surface area contributed by atoms with E-state index in [4.69, 9.17) is 10.9 Å². The monoisotopic (exact) mass is 422 g/mol. The smallest absolute Gasteiger partial charge is 0.248 e. The number of rotatable bonds is 6. The second-order valence-electron chi connectivity index (χ2n) is 6.60. The molecular formula is C20H18N6O3S. The van der Waals surface area contributed by atoms with Crippen LogP contribution in [-0.4, -0.2) is 28.9 Å². The molecule has 30 heavy (non-hydrogen) atoms. The van der Waals surface area contributed by atoms with E-state index in [1.165, 1.54) is 12.1 Å². The summed E-state index contributed by atoms with van der Waals surface area (Å²) < 4.78 is 24.8. The van der Waals surface area contributed by atoms with Crippen molar-refractivity contribution in [2.45, 2.75) is 11.4 Å². The van der Waals surface area contributed by atoms with Gasteiger partial charge in [-0.05, 0) is 54.6 Å². The van der Waals surface area contributed by atoms with Crippen LogP contribution in [0.1, 0.15) is 16.1 Å². The number of nitrogens with two attached hydrogens (primary N) is 2. The summed E-state index contributed by atoms with van der Waals surface area (Å²) >= 11 is 0. The zero-order valence-electron chi connectivity index (χ0n) is 15.7. The van der Waals surface area contributed by atoms with E-state index in [1.807, 2.05) is 22.8 Å². The van der Waals surface area contributed by atoms with Crippen LogP contribution in [0.2, 0.25) is 0 Å². The number of anilines is 2. The highest BCUT2D eigenvalue weighted by Crippen LogP contribution is 2.25. The Morgan fingerprint density at radius 3 is 2.47 bits per heavy atom. The first-order valence-electron chi connectivity index (χ1n) is 8.91. The molecule has 0 radical (unpaired) electrons. The molecule has 0 unspecified atom stereocenters. The van der Waals surface area contributed by atoms with Crippen LogP contribution < -0.4 is 16.2 Å².